The van der Waals surface area contributed by atoms with Gasteiger partial charge < -0.3 is 4.74 Å². The summed E-state index contributed by atoms with van der Waals surface area (Å²) in [6.45, 7) is 6.22. The normalized spacial score (nSPS) is 10.4. The number of hydrogen-bond donors (Lipinski definition) is 0. The van der Waals surface area contributed by atoms with Crippen molar-refractivity contribution in [2.75, 3.05) is 0 Å². The molecule has 88 valence electrons. The maximum Gasteiger partial charge on any atom is 0.146 e. The van der Waals surface area contributed by atoms with Gasteiger partial charge in [-0.3, -0.25) is 4.98 Å². The monoisotopic (exact) mass is 291 g/mol. The van der Waals surface area contributed by atoms with Gasteiger partial charge >= 0.3 is 0 Å². The van der Waals surface area contributed by atoms with E-state index in [-0.39, 0.29) is 0 Å². The van der Waals surface area contributed by atoms with Crippen LogP contribution >= 0.6 is 15.9 Å². The molecule has 0 fully saturated rings. The molecule has 0 aliphatic rings. The molecule has 0 bridgehead atoms. The standard InChI is InChI=1S/C14H14BrNO/c1-9-4-10(2)11(3)14(5-9)17-13-6-12(15)7-16-8-13/h4-8H,1-3H3. The van der Waals surface area contributed by atoms with Crippen LogP contribution in [0, 0.1) is 20.8 Å². The van der Waals surface area contributed by atoms with Gasteiger partial charge in [0, 0.05) is 10.7 Å². The van der Waals surface area contributed by atoms with E-state index in [0.29, 0.717) is 0 Å². The van der Waals surface area contributed by atoms with Crippen LogP contribution in [-0.2, 0) is 0 Å². The molecule has 0 spiro atoms. The van der Waals surface area contributed by atoms with E-state index in [4.69, 9.17) is 4.74 Å². The predicted molar refractivity (Wildman–Crippen MR) is 72.7 cm³/mol. The van der Waals surface area contributed by atoms with Crippen LogP contribution in [0.4, 0.5) is 0 Å². The maximum absolute atomic E-state index is 5.86. The van der Waals surface area contributed by atoms with Crippen LogP contribution in [-0.4, -0.2) is 4.98 Å². The summed E-state index contributed by atoms with van der Waals surface area (Å²) < 4.78 is 6.77. The number of rotatable bonds is 2. The Morgan fingerprint density at radius 3 is 2.53 bits per heavy atom. The number of hydrogen-bond acceptors (Lipinski definition) is 2. The molecule has 17 heavy (non-hydrogen) atoms. The average Bonchev–Trinajstić information content (AvgIpc) is 2.25. The van der Waals surface area contributed by atoms with Crippen molar-refractivity contribution in [2.45, 2.75) is 20.8 Å². The highest BCUT2D eigenvalue weighted by Crippen LogP contribution is 2.29. The third-order valence-electron chi connectivity index (χ3n) is 2.67. The lowest BCUT2D eigenvalue weighted by Crippen LogP contribution is -1.92. The molecule has 0 atom stereocenters. The van der Waals surface area contributed by atoms with Gasteiger partial charge in [0.25, 0.3) is 0 Å². The fraction of sp³-hybridized carbons (Fsp3) is 0.214. The van der Waals surface area contributed by atoms with Crippen molar-refractivity contribution >= 4 is 15.9 Å². The molecular formula is C14H14BrNO. The van der Waals surface area contributed by atoms with Crippen molar-refractivity contribution in [3.05, 3.63) is 51.8 Å². The summed E-state index contributed by atoms with van der Waals surface area (Å²) in [5.41, 5.74) is 3.60. The zero-order valence-corrected chi connectivity index (χ0v) is 11.7. The zero-order valence-electron chi connectivity index (χ0n) is 10.1. The van der Waals surface area contributed by atoms with Crippen molar-refractivity contribution in [3.8, 4) is 11.5 Å². The van der Waals surface area contributed by atoms with Crippen molar-refractivity contribution in [1.29, 1.82) is 0 Å². The Morgan fingerprint density at radius 1 is 1.06 bits per heavy atom. The van der Waals surface area contributed by atoms with Gasteiger partial charge in [-0.15, -0.1) is 0 Å². The minimum atomic E-state index is 0.743. The molecular weight excluding hydrogens is 278 g/mol. The fourth-order valence-electron chi connectivity index (χ4n) is 1.68. The number of nitrogens with zero attached hydrogens (tertiary/aromatic N) is 1. The van der Waals surface area contributed by atoms with E-state index in [1.165, 1.54) is 11.1 Å². The Balaban J connectivity index is 2.36. The van der Waals surface area contributed by atoms with Gasteiger partial charge in [-0.25, -0.2) is 0 Å². The Labute approximate surface area is 110 Å². The first-order valence-corrected chi connectivity index (χ1v) is 6.22. The molecule has 2 nitrogen and oxygen atoms in total. The molecule has 1 aromatic heterocycles. The minimum Gasteiger partial charge on any atom is -0.455 e. The fourth-order valence-corrected chi connectivity index (χ4v) is 2.03. The highest BCUT2D eigenvalue weighted by Gasteiger charge is 2.05. The molecule has 0 aliphatic heterocycles. The van der Waals surface area contributed by atoms with E-state index in [9.17, 15) is 0 Å². The van der Waals surface area contributed by atoms with E-state index < -0.39 is 0 Å². The molecule has 0 amide bonds. The van der Waals surface area contributed by atoms with E-state index in [0.717, 1.165) is 21.5 Å². The Kier molecular flexibility index (Phi) is 3.48. The summed E-state index contributed by atoms with van der Waals surface area (Å²) >= 11 is 3.38. The van der Waals surface area contributed by atoms with Gasteiger partial charge in [0.05, 0.1) is 6.20 Å². The summed E-state index contributed by atoms with van der Waals surface area (Å²) in [4.78, 5) is 4.08. The van der Waals surface area contributed by atoms with E-state index in [1.54, 1.807) is 12.4 Å². The smallest absolute Gasteiger partial charge is 0.146 e. The lowest BCUT2D eigenvalue weighted by molar-refractivity contribution is 0.475. The zero-order chi connectivity index (χ0) is 12.4. The highest BCUT2D eigenvalue weighted by molar-refractivity contribution is 9.10. The van der Waals surface area contributed by atoms with Crippen LogP contribution in [0.1, 0.15) is 16.7 Å². The molecule has 3 heteroatoms. The molecule has 0 saturated carbocycles. The predicted octanol–water partition coefficient (Wildman–Crippen LogP) is 4.56. The topological polar surface area (TPSA) is 22.1 Å². The molecule has 0 aliphatic carbocycles. The summed E-state index contributed by atoms with van der Waals surface area (Å²) in [6.07, 6.45) is 3.45. The number of pyridine rings is 1. The van der Waals surface area contributed by atoms with Crippen molar-refractivity contribution in [1.82, 2.24) is 4.98 Å². The quantitative estimate of drug-likeness (QED) is 0.809. The first-order chi connectivity index (χ1) is 8.06. The second-order valence-electron chi connectivity index (χ2n) is 4.15. The molecule has 1 heterocycles. The molecule has 1 aromatic carbocycles. The first kappa shape index (κ1) is 12.1. The Bertz CT molecular complexity index is 552. The Hall–Kier alpha value is -1.35. The van der Waals surface area contributed by atoms with Gasteiger partial charge in [0.2, 0.25) is 0 Å². The number of halogens is 1. The highest BCUT2D eigenvalue weighted by atomic mass is 79.9. The van der Waals surface area contributed by atoms with Gasteiger partial charge in [-0.05, 0) is 65.5 Å². The summed E-state index contributed by atoms with van der Waals surface area (Å²) in [5, 5.41) is 0. The van der Waals surface area contributed by atoms with Crippen LogP contribution < -0.4 is 4.74 Å². The van der Waals surface area contributed by atoms with Crippen LogP contribution in [0.2, 0.25) is 0 Å². The van der Waals surface area contributed by atoms with Crippen LogP contribution in [0.25, 0.3) is 0 Å². The SMILES string of the molecule is Cc1cc(C)c(C)c(Oc2cncc(Br)c2)c1. The van der Waals surface area contributed by atoms with Crippen molar-refractivity contribution in [2.24, 2.45) is 0 Å². The van der Waals surface area contributed by atoms with Crippen molar-refractivity contribution < 1.29 is 4.74 Å². The molecule has 0 radical (unpaired) electrons. The lowest BCUT2D eigenvalue weighted by atomic mass is 10.1. The van der Waals surface area contributed by atoms with Gasteiger partial charge in [0.15, 0.2) is 0 Å². The van der Waals surface area contributed by atoms with E-state index >= 15 is 0 Å². The van der Waals surface area contributed by atoms with Crippen LogP contribution in [0.5, 0.6) is 11.5 Å². The molecule has 2 rings (SSSR count). The summed E-state index contributed by atoms with van der Waals surface area (Å²) in [7, 11) is 0. The van der Waals surface area contributed by atoms with Gasteiger partial charge in [0.1, 0.15) is 11.5 Å². The number of ether oxygens (including phenoxy) is 1. The molecule has 0 unspecified atom stereocenters. The Morgan fingerprint density at radius 2 is 1.82 bits per heavy atom. The molecule has 0 saturated heterocycles. The largest absolute Gasteiger partial charge is 0.455 e. The average molecular weight is 292 g/mol. The van der Waals surface area contributed by atoms with Crippen molar-refractivity contribution in [3.63, 3.8) is 0 Å². The van der Waals surface area contributed by atoms with Gasteiger partial charge in [-0.1, -0.05) is 6.07 Å². The number of benzene rings is 1. The second-order valence-corrected chi connectivity index (χ2v) is 5.06. The first-order valence-electron chi connectivity index (χ1n) is 5.42. The van der Waals surface area contributed by atoms with Gasteiger partial charge in [-0.2, -0.15) is 0 Å². The third-order valence-corrected chi connectivity index (χ3v) is 3.11. The van der Waals surface area contributed by atoms with Crippen LogP contribution in [0.3, 0.4) is 0 Å². The molecule has 2 aromatic rings. The second kappa shape index (κ2) is 4.88. The minimum absolute atomic E-state index is 0.743. The summed E-state index contributed by atoms with van der Waals surface area (Å²) in [5.74, 6) is 1.63. The lowest BCUT2D eigenvalue weighted by Gasteiger charge is -2.11. The van der Waals surface area contributed by atoms with E-state index in [1.807, 2.05) is 12.1 Å². The number of aromatic nitrogens is 1. The third kappa shape index (κ3) is 2.86. The van der Waals surface area contributed by atoms with E-state index in [2.05, 4.69) is 47.8 Å². The molecule has 0 N–H and O–H groups in total. The summed E-state index contributed by atoms with van der Waals surface area (Å²) in [6, 6.07) is 6.11. The number of aryl methyl sites for hydroxylation is 2. The van der Waals surface area contributed by atoms with Crippen LogP contribution in [0.15, 0.2) is 35.1 Å². The maximum atomic E-state index is 5.86.